The van der Waals surface area contributed by atoms with Crippen molar-refractivity contribution in [3.63, 3.8) is 0 Å². The first-order chi connectivity index (χ1) is 12.6. The van der Waals surface area contributed by atoms with Gasteiger partial charge in [-0.3, -0.25) is 4.79 Å². The number of hydrogen-bond donors (Lipinski definition) is 2. The van der Waals surface area contributed by atoms with Crippen molar-refractivity contribution in [1.82, 2.24) is 25.4 Å². The van der Waals surface area contributed by atoms with E-state index in [-0.39, 0.29) is 11.9 Å². The van der Waals surface area contributed by atoms with Crippen LogP contribution in [-0.4, -0.2) is 40.3 Å². The average molecular weight is 349 g/mol. The zero-order chi connectivity index (χ0) is 18.1. The minimum absolute atomic E-state index is 0.0650. The highest BCUT2D eigenvalue weighted by atomic mass is 16.1. The number of aromatic nitrogens is 3. The van der Waals surface area contributed by atoms with Crippen LogP contribution in [0.4, 0.5) is 0 Å². The number of nitrogens with zero attached hydrogens (tertiary/aromatic N) is 3. The van der Waals surface area contributed by atoms with E-state index >= 15 is 0 Å². The SMILES string of the molecule is CC(C)n1ncc2c(C(=O)NCC3CNC3)cc(-c3ccccc3)nc21. The maximum atomic E-state index is 12.9. The zero-order valence-electron chi connectivity index (χ0n) is 15.1. The van der Waals surface area contributed by atoms with Gasteiger partial charge in [-0.05, 0) is 19.9 Å². The van der Waals surface area contributed by atoms with Gasteiger partial charge in [-0.1, -0.05) is 30.3 Å². The van der Waals surface area contributed by atoms with Crippen LogP contribution in [0.3, 0.4) is 0 Å². The Hall–Kier alpha value is -2.73. The van der Waals surface area contributed by atoms with Gasteiger partial charge in [-0.15, -0.1) is 0 Å². The van der Waals surface area contributed by atoms with E-state index in [1.807, 2.05) is 41.1 Å². The number of benzene rings is 1. The lowest BCUT2D eigenvalue weighted by molar-refractivity contribution is 0.0944. The Morgan fingerprint density at radius 2 is 2.08 bits per heavy atom. The van der Waals surface area contributed by atoms with E-state index in [0.717, 1.165) is 35.4 Å². The highest BCUT2D eigenvalue weighted by Crippen LogP contribution is 2.26. The molecule has 0 bridgehead atoms. The Kier molecular flexibility index (Phi) is 4.42. The molecule has 1 fully saturated rings. The number of amides is 1. The summed E-state index contributed by atoms with van der Waals surface area (Å²) in [7, 11) is 0. The van der Waals surface area contributed by atoms with Crippen LogP contribution in [0, 0.1) is 5.92 Å². The van der Waals surface area contributed by atoms with Gasteiger partial charge in [0.1, 0.15) is 0 Å². The fourth-order valence-electron chi connectivity index (χ4n) is 3.17. The molecule has 1 aliphatic rings. The van der Waals surface area contributed by atoms with Crippen LogP contribution in [-0.2, 0) is 0 Å². The van der Waals surface area contributed by atoms with Crippen LogP contribution in [0.15, 0.2) is 42.6 Å². The van der Waals surface area contributed by atoms with Crippen molar-refractivity contribution < 1.29 is 4.79 Å². The van der Waals surface area contributed by atoms with E-state index < -0.39 is 0 Å². The summed E-state index contributed by atoms with van der Waals surface area (Å²) in [6, 6.07) is 12.0. The molecule has 0 atom stereocenters. The number of fused-ring (bicyclic) bond motifs is 1. The molecular formula is C20H23N5O. The summed E-state index contributed by atoms with van der Waals surface area (Å²) >= 11 is 0. The summed E-state index contributed by atoms with van der Waals surface area (Å²) in [5.74, 6) is 0.452. The third-order valence-corrected chi connectivity index (χ3v) is 4.79. The van der Waals surface area contributed by atoms with Crippen molar-refractivity contribution in [2.75, 3.05) is 19.6 Å². The fourth-order valence-corrected chi connectivity index (χ4v) is 3.17. The quantitative estimate of drug-likeness (QED) is 0.743. The number of carbonyl (C=O) groups is 1. The summed E-state index contributed by atoms with van der Waals surface area (Å²) in [5, 5.41) is 11.5. The summed E-state index contributed by atoms with van der Waals surface area (Å²) in [4.78, 5) is 17.7. The Morgan fingerprint density at radius 3 is 2.73 bits per heavy atom. The summed E-state index contributed by atoms with van der Waals surface area (Å²) in [6.45, 7) is 6.74. The second kappa shape index (κ2) is 6.88. The van der Waals surface area contributed by atoms with E-state index in [1.165, 1.54) is 0 Å². The number of carbonyl (C=O) groups excluding carboxylic acids is 1. The lowest BCUT2D eigenvalue weighted by Gasteiger charge is -2.27. The largest absolute Gasteiger partial charge is 0.352 e. The maximum Gasteiger partial charge on any atom is 0.252 e. The predicted molar refractivity (Wildman–Crippen MR) is 102 cm³/mol. The number of pyridine rings is 1. The van der Waals surface area contributed by atoms with Crippen molar-refractivity contribution in [3.05, 3.63) is 48.2 Å². The first-order valence-electron chi connectivity index (χ1n) is 9.06. The first-order valence-corrected chi connectivity index (χ1v) is 9.06. The molecule has 0 spiro atoms. The van der Waals surface area contributed by atoms with Crippen LogP contribution in [0.1, 0.15) is 30.2 Å². The number of nitrogens with one attached hydrogen (secondary N) is 2. The van der Waals surface area contributed by atoms with Crippen molar-refractivity contribution in [2.45, 2.75) is 19.9 Å². The van der Waals surface area contributed by atoms with Crippen molar-refractivity contribution >= 4 is 16.9 Å². The molecule has 26 heavy (non-hydrogen) atoms. The molecule has 6 heteroatoms. The molecule has 4 rings (SSSR count). The van der Waals surface area contributed by atoms with Crippen molar-refractivity contribution in [2.24, 2.45) is 5.92 Å². The highest BCUT2D eigenvalue weighted by Gasteiger charge is 2.21. The molecule has 1 aliphatic heterocycles. The molecule has 0 unspecified atom stereocenters. The topological polar surface area (TPSA) is 71.8 Å². The standard InChI is InChI=1S/C20H23N5O/c1-13(2)25-19-17(12-23-25)16(20(26)22-11-14-9-21-10-14)8-18(24-19)15-6-4-3-5-7-15/h3-8,12-14,21H,9-11H2,1-2H3,(H,22,26). The van der Waals surface area contributed by atoms with Gasteiger partial charge in [0, 0.05) is 37.2 Å². The lowest BCUT2D eigenvalue weighted by atomic mass is 10.0. The number of rotatable bonds is 5. The monoisotopic (exact) mass is 349 g/mol. The van der Waals surface area contributed by atoms with Crippen LogP contribution in [0.2, 0.25) is 0 Å². The number of hydrogen-bond acceptors (Lipinski definition) is 4. The molecule has 3 aromatic rings. The maximum absolute atomic E-state index is 12.9. The van der Waals surface area contributed by atoms with Crippen LogP contribution in [0.5, 0.6) is 0 Å². The summed E-state index contributed by atoms with van der Waals surface area (Å²) in [5.41, 5.74) is 3.16. The third-order valence-electron chi connectivity index (χ3n) is 4.79. The van der Waals surface area contributed by atoms with Crippen LogP contribution in [0.25, 0.3) is 22.3 Å². The van der Waals surface area contributed by atoms with Gasteiger partial charge in [-0.25, -0.2) is 9.67 Å². The third kappa shape index (κ3) is 3.08. The molecule has 1 aromatic carbocycles. The smallest absolute Gasteiger partial charge is 0.252 e. The Morgan fingerprint density at radius 1 is 1.31 bits per heavy atom. The molecule has 0 radical (unpaired) electrons. The van der Waals surface area contributed by atoms with Gasteiger partial charge in [0.05, 0.1) is 22.8 Å². The van der Waals surface area contributed by atoms with E-state index in [1.54, 1.807) is 6.20 Å². The first kappa shape index (κ1) is 16.7. The fraction of sp³-hybridized carbons (Fsp3) is 0.350. The Labute approximate surface area is 152 Å². The van der Waals surface area contributed by atoms with Crippen molar-refractivity contribution in [3.8, 4) is 11.3 Å². The highest BCUT2D eigenvalue weighted by molar-refractivity contribution is 6.06. The molecule has 2 N–H and O–H groups in total. The van der Waals surface area contributed by atoms with Gasteiger partial charge in [0.2, 0.25) is 0 Å². The molecule has 2 aromatic heterocycles. The summed E-state index contributed by atoms with van der Waals surface area (Å²) in [6.07, 6.45) is 1.75. The van der Waals surface area contributed by atoms with Gasteiger partial charge >= 0.3 is 0 Å². The molecule has 1 amide bonds. The second-order valence-corrected chi connectivity index (χ2v) is 7.08. The minimum atomic E-state index is -0.0650. The molecule has 0 aliphatic carbocycles. The second-order valence-electron chi connectivity index (χ2n) is 7.08. The molecular weight excluding hydrogens is 326 g/mol. The normalized spacial score (nSPS) is 14.6. The molecule has 6 nitrogen and oxygen atoms in total. The summed E-state index contributed by atoms with van der Waals surface area (Å²) < 4.78 is 1.87. The van der Waals surface area contributed by atoms with Gasteiger partial charge in [0.25, 0.3) is 5.91 Å². The van der Waals surface area contributed by atoms with E-state index in [2.05, 4.69) is 29.6 Å². The lowest BCUT2D eigenvalue weighted by Crippen LogP contribution is -2.48. The van der Waals surface area contributed by atoms with E-state index in [0.29, 0.717) is 18.0 Å². The predicted octanol–water partition coefficient (Wildman–Crippen LogP) is 2.63. The van der Waals surface area contributed by atoms with E-state index in [9.17, 15) is 4.79 Å². The Balaban J connectivity index is 1.77. The van der Waals surface area contributed by atoms with Gasteiger partial charge in [0.15, 0.2) is 5.65 Å². The van der Waals surface area contributed by atoms with Crippen LogP contribution < -0.4 is 10.6 Å². The Bertz CT molecular complexity index is 928. The molecule has 3 heterocycles. The average Bonchev–Trinajstić information content (AvgIpc) is 3.04. The van der Waals surface area contributed by atoms with Gasteiger partial charge in [-0.2, -0.15) is 5.10 Å². The minimum Gasteiger partial charge on any atom is -0.352 e. The van der Waals surface area contributed by atoms with Gasteiger partial charge < -0.3 is 10.6 Å². The zero-order valence-corrected chi connectivity index (χ0v) is 15.1. The molecule has 134 valence electrons. The molecule has 0 saturated carbocycles. The van der Waals surface area contributed by atoms with Crippen LogP contribution >= 0.6 is 0 Å². The van der Waals surface area contributed by atoms with E-state index in [4.69, 9.17) is 4.98 Å². The molecule has 1 saturated heterocycles. The van der Waals surface area contributed by atoms with Crippen molar-refractivity contribution in [1.29, 1.82) is 0 Å².